The second kappa shape index (κ2) is 6.44. The van der Waals surface area contributed by atoms with Crippen LogP contribution in [0.15, 0.2) is 0 Å². The van der Waals surface area contributed by atoms with E-state index in [1.165, 1.54) is 0 Å². The number of rotatable bonds is 7. The molecule has 0 saturated carbocycles. The van der Waals surface area contributed by atoms with Crippen LogP contribution in [-0.2, 0) is 9.59 Å². The Kier molecular flexibility index (Phi) is 5.98. The molecule has 0 heterocycles. The Balaban J connectivity index is 3.64. The minimum atomic E-state index is -1.09. The first-order valence-corrected chi connectivity index (χ1v) is 4.31. The molecule has 0 fully saturated rings. The summed E-state index contributed by atoms with van der Waals surface area (Å²) in [6, 6.07) is -1.79. The summed E-state index contributed by atoms with van der Waals surface area (Å²) in [5, 5.41) is 8.42. The summed E-state index contributed by atoms with van der Waals surface area (Å²) in [4.78, 5) is 21.0. The fourth-order valence-electron chi connectivity index (χ4n) is 0.941. The van der Waals surface area contributed by atoms with Gasteiger partial charge in [0.1, 0.15) is 12.7 Å². The Morgan fingerprint density at radius 1 is 1.21 bits per heavy atom. The number of hydrogen-bond acceptors (Lipinski definition) is 4. The lowest BCUT2D eigenvalue weighted by Gasteiger charge is -2.09. The number of aliphatic carboxylic acids is 1. The Morgan fingerprint density at radius 3 is 2.14 bits per heavy atom. The first-order chi connectivity index (χ1) is 6.49. The van der Waals surface area contributed by atoms with E-state index in [1.807, 2.05) is 0 Å². The van der Waals surface area contributed by atoms with Gasteiger partial charge < -0.3 is 16.6 Å². The molecule has 6 heteroatoms. The average Bonchev–Trinajstić information content (AvgIpc) is 2.15. The van der Waals surface area contributed by atoms with Crippen LogP contribution in [0, 0.1) is 0 Å². The van der Waals surface area contributed by atoms with Gasteiger partial charge in [-0.15, -0.1) is 0 Å². The van der Waals surface area contributed by atoms with Gasteiger partial charge in [-0.2, -0.15) is 0 Å². The summed E-state index contributed by atoms with van der Waals surface area (Å²) in [6.07, 6.45) is 0.909. The predicted molar refractivity (Wildman–Crippen MR) is 48.4 cm³/mol. The van der Waals surface area contributed by atoms with Crippen molar-refractivity contribution < 1.29 is 19.1 Å². The van der Waals surface area contributed by atoms with E-state index < -0.39 is 30.5 Å². The quantitative estimate of drug-likeness (QED) is 0.517. The Bertz CT molecular complexity index is 211. The van der Waals surface area contributed by atoms with Crippen molar-refractivity contribution in [3.63, 3.8) is 0 Å². The maximum Gasteiger partial charge on any atom is 0.320 e. The van der Waals surface area contributed by atoms with Gasteiger partial charge in [-0.05, 0) is 19.3 Å². The molecule has 0 spiro atoms. The van der Waals surface area contributed by atoms with Crippen molar-refractivity contribution in [2.24, 2.45) is 11.5 Å². The van der Waals surface area contributed by atoms with Crippen LogP contribution in [0.1, 0.15) is 19.3 Å². The number of nitrogens with two attached hydrogens (primary N) is 2. The number of hydrogen-bond donors (Lipinski definition) is 3. The topological polar surface area (TPSA) is 106 Å². The van der Waals surface area contributed by atoms with Crippen molar-refractivity contribution in [2.75, 3.05) is 6.67 Å². The summed E-state index contributed by atoms with van der Waals surface area (Å²) < 4.78 is 11.8. The first-order valence-electron chi connectivity index (χ1n) is 4.31. The highest BCUT2D eigenvalue weighted by Gasteiger charge is 2.15. The molecule has 0 aromatic carbocycles. The third-order valence-corrected chi connectivity index (χ3v) is 1.89. The van der Waals surface area contributed by atoms with Gasteiger partial charge in [0.15, 0.2) is 5.78 Å². The smallest absolute Gasteiger partial charge is 0.320 e. The van der Waals surface area contributed by atoms with Gasteiger partial charge in [0.2, 0.25) is 0 Å². The zero-order valence-electron chi connectivity index (χ0n) is 7.78. The van der Waals surface area contributed by atoms with Gasteiger partial charge in [0, 0.05) is 0 Å². The van der Waals surface area contributed by atoms with Gasteiger partial charge in [-0.25, -0.2) is 4.39 Å². The molecule has 0 rings (SSSR count). The van der Waals surface area contributed by atoms with Crippen molar-refractivity contribution in [3.05, 3.63) is 0 Å². The second-order valence-corrected chi connectivity index (χ2v) is 3.08. The Morgan fingerprint density at radius 2 is 1.71 bits per heavy atom. The highest BCUT2D eigenvalue weighted by molar-refractivity contribution is 5.84. The molecule has 0 radical (unpaired) electrons. The van der Waals surface area contributed by atoms with E-state index in [-0.39, 0.29) is 12.8 Å². The molecule has 0 aromatic rings. The van der Waals surface area contributed by atoms with Crippen molar-refractivity contribution in [3.8, 4) is 0 Å². The number of carboxylic acid groups (broad SMARTS) is 1. The van der Waals surface area contributed by atoms with E-state index in [0.717, 1.165) is 0 Å². The van der Waals surface area contributed by atoms with Crippen LogP contribution in [0.2, 0.25) is 0 Å². The number of ketones is 1. The zero-order chi connectivity index (χ0) is 11.1. The molecular weight excluding hydrogens is 191 g/mol. The highest BCUT2D eigenvalue weighted by atomic mass is 19.1. The molecule has 0 bridgehead atoms. The van der Waals surface area contributed by atoms with Crippen LogP contribution in [0.3, 0.4) is 0 Å². The van der Waals surface area contributed by atoms with E-state index in [1.54, 1.807) is 0 Å². The van der Waals surface area contributed by atoms with Crippen molar-refractivity contribution >= 4 is 11.8 Å². The maximum absolute atomic E-state index is 11.8. The summed E-state index contributed by atoms with van der Waals surface area (Å²) in [7, 11) is 0. The summed E-state index contributed by atoms with van der Waals surface area (Å²) >= 11 is 0. The lowest BCUT2D eigenvalue weighted by molar-refractivity contribution is -0.138. The molecule has 0 amide bonds. The Hall–Kier alpha value is -1.01. The molecule has 0 aromatic heterocycles. The van der Waals surface area contributed by atoms with Gasteiger partial charge in [0.05, 0.1) is 6.04 Å². The van der Waals surface area contributed by atoms with Crippen LogP contribution in [0.25, 0.3) is 0 Å². The van der Waals surface area contributed by atoms with E-state index in [0.29, 0.717) is 6.42 Å². The maximum atomic E-state index is 11.8. The van der Waals surface area contributed by atoms with Crippen LogP contribution >= 0.6 is 0 Å². The van der Waals surface area contributed by atoms with Crippen molar-refractivity contribution in [1.82, 2.24) is 0 Å². The molecule has 0 saturated heterocycles. The predicted octanol–water partition coefficient (Wildman–Crippen LogP) is -0.565. The van der Waals surface area contributed by atoms with Gasteiger partial charge in [-0.3, -0.25) is 9.59 Å². The summed E-state index contributed by atoms with van der Waals surface area (Å²) in [6.45, 7) is -1.08. The van der Waals surface area contributed by atoms with Gasteiger partial charge >= 0.3 is 5.97 Å². The molecular formula is C8H15FN2O3. The van der Waals surface area contributed by atoms with Gasteiger partial charge in [0.25, 0.3) is 0 Å². The molecule has 0 aliphatic carbocycles. The van der Waals surface area contributed by atoms with Crippen molar-refractivity contribution in [2.45, 2.75) is 31.3 Å². The Labute approximate surface area is 81.3 Å². The third-order valence-electron chi connectivity index (χ3n) is 1.89. The lowest BCUT2D eigenvalue weighted by Crippen LogP contribution is -2.33. The van der Waals surface area contributed by atoms with Crippen LogP contribution < -0.4 is 11.5 Å². The van der Waals surface area contributed by atoms with E-state index in [4.69, 9.17) is 16.6 Å². The number of halogens is 1. The number of Topliss-reactive ketones (excluding diaryl/α,β-unsaturated/α-hetero) is 1. The van der Waals surface area contributed by atoms with E-state index >= 15 is 0 Å². The number of carbonyl (C=O) groups is 2. The summed E-state index contributed by atoms with van der Waals surface area (Å²) in [5.74, 6) is -1.75. The second-order valence-electron chi connectivity index (χ2n) is 3.08. The minimum absolute atomic E-state index is 0.239. The lowest BCUT2D eigenvalue weighted by atomic mass is 10.0. The molecule has 5 nitrogen and oxygen atoms in total. The fraction of sp³-hybridized carbons (Fsp3) is 0.750. The fourth-order valence-corrected chi connectivity index (χ4v) is 0.941. The first kappa shape index (κ1) is 13.0. The number of carboxylic acids is 1. The highest BCUT2D eigenvalue weighted by Crippen LogP contribution is 2.03. The molecule has 2 atom stereocenters. The normalized spacial score (nSPS) is 14.8. The van der Waals surface area contributed by atoms with Crippen LogP contribution in [-0.4, -0.2) is 35.6 Å². The molecule has 1 unspecified atom stereocenters. The molecule has 82 valence electrons. The number of carbonyl (C=O) groups excluding carboxylic acids is 1. The van der Waals surface area contributed by atoms with Crippen LogP contribution in [0.5, 0.6) is 0 Å². The zero-order valence-corrected chi connectivity index (χ0v) is 7.78. The van der Waals surface area contributed by atoms with E-state index in [2.05, 4.69) is 0 Å². The van der Waals surface area contributed by atoms with Crippen LogP contribution in [0.4, 0.5) is 4.39 Å². The largest absolute Gasteiger partial charge is 0.480 e. The van der Waals surface area contributed by atoms with Crippen molar-refractivity contribution in [1.29, 1.82) is 0 Å². The summed E-state index contributed by atoms with van der Waals surface area (Å²) in [5.41, 5.74) is 10.5. The third kappa shape index (κ3) is 4.88. The SMILES string of the molecule is NC(CCC[C@H](N)C(=O)O)C(=O)CF. The molecule has 0 aliphatic rings. The van der Waals surface area contributed by atoms with E-state index in [9.17, 15) is 14.0 Å². The average molecular weight is 206 g/mol. The number of alkyl halides is 1. The molecule has 0 aliphatic heterocycles. The molecule has 14 heavy (non-hydrogen) atoms. The minimum Gasteiger partial charge on any atom is -0.480 e. The standard InChI is InChI=1S/C8H15FN2O3/c9-4-7(12)5(10)2-1-3-6(11)8(13)14/h5-6H,1-4,10-11H2,(H,13,14)/t5?,6-/m0/s1. The van der Waals surface area contributed by atoms with Gasteiger partial charge in [-0.1, -0.05) is 0 Å². The molecule has 5 N–H and O–H groups in total. The monoisotopic (exact) mass is 206 g/mol.